The van der Waals surface area contributed by atoms with Gasteiger partial charge in [0.15, 0.2) is 0 Å². The van der Waals surface area contributed by atoms with Crippen LogP contribution >= 0.6 is 27.3 Å². The summed E-state index contributed by atoms with van der Waals surface area (Å²) in [5.74, 6) is -0.00966. The second-order valence-electron chi connectivity index (χ2n) is 3.61. The zero-order chi connectivity index (χ0) is 12.1. The molecule has 0 radical (unpaired) electrons. The molecule has 0 unspecified atom stereocenters. The molecule has 2 aromatic rings. The minimum Gasteiger partial charge on any atom is -0.347 e. The molecule has 4 heteroatoms. The number of thiophene rings is 1. The standard InChI is InChI=1S/C13H12BrNOS/c14-8-10-3-5-11(6-4-10)9-15-13(16)12-2-1-7-17-12/h1-7H,8-9H2,(H,15,16). The summed E-state index contributed by atoms with van der Waals surface area (Å²) in [7, 11) is 0. The molecule has 1 aromatic heterocycles. The lowest BCUT2D eigenvalue weighted by Crippen LogP contribution is -2.21. The third-order valence-corrected chi connectivity index (χ3v) is 3.89. The number of carbonyl (C=O) groups is 1. The van der Waals surface area contributed by atoms with E-state index >= 15 is 0 Å². The highest BCUT2D eigenvalue weighted by Gasteiger charge is 2.05. The van der Waals surface area contributed by atoms with Crippen LogP contribution in [0, 0.1) is 0 Å². The Hall–Kier alpha value is -1.13. The van der Waals surface area contributed by atoms with E-state index in [1.54, 1.807) is 0 Å². The SMILES string of the molecule is O=C(NCc1ccc(CBr)cc1)c1cccs1. The summed E-state index contributed by atoms with van der Waals surface area (Å²) >= 11 is 4.86. The Balaban J connectivity index is 1.91. The van der Waals surface area contributed by atoms with Crippen molar-refractivity contribution >= 4 is 33.2 Å². The normalized spacial score (nSPS) is 10.2. The fourth-order valence-electron chi connectivity index (χ4n) is 1.42. The Morgan fingerprint density at radius 3 is 2.47 bits per heavy atom. The van der Waals surface area contributed by atoms with Crippen molar-refractivity contribution in [2.24, 2.45) is 0 Å². The van der Waals surface area contributed by atoms with Gasteiger partial charge in [-0.25, -0.2) is 0 Å². The van der Waals surface area contributed by atoms with Crippen LogP contribution in [0.25, 0.3) is 0 Å². The lowest BCUT2D eigenvalue weighted by atomic mass is 10.1. The lowest BCUT2D eigenvalue weighted by Gasteiger charge is -2.04. The Labute approximate surface area is 113 Å². The van der Waals surface area contributed by atoms with E-state index in [-0.39, 0.29) is 5.91 Å². The summed E-state index contributed by atoms with van der Waals surface area (Å²) < 4.78 is 0. The quantitative estimate of drug-likeness (QED) is 0.859. The largest absolute Gasteiger partial charge is 0.347 e. The molecule has 1 N–H and O–H groups in total. The Bertz CT molecular complexity index is 479. The van der Waals surface area contributed by atoms with Crippen molar-refractivity contribution in [1.82, 2.24) is 5.32 Å². The fraction of sp³-hybridized carbons (Fsp3) is 0.154. The second kappa shape index (κ2) is 5.98. The van der Waals surface area contributed by atoms with E-state index in [1.807, 2.05) is 29.6 Å². The second-order valence-corrected chi connectivity index (χ2v) is 5.12. The third-order valence-electron chi connectivity index (χ3n) is 2.38. The summed E-state index contributed by atoms with van der Waals surface area (Å²) in [6, 6.07) is 11.9. The number of carbonyl (C=O) groups excluding carboxylic acids is 1. The van der Waals surface area contributed by atoms with E-state index in [0.717, 1.165) is 15.8 Å². The van der Waals surface area contributed by atoms with Crippen molar-refractivity contribution in [2.45, 2.75) is 11.9 Å². The minimum absolute atomic E-state index is 0.00966. The van der Waals surface area contributed by atoms with Gasteiger partial charge in [-0.05, 0) is 22.6 Å². The first kappa shape index (κ1) is 12.3. The molecular formula is C13H12BrNOS. The monoisotopic (exact) mass is 309 g/mol. The maximum atomic E-state index is 11.7. The highest BCUT2D eigenvalue weighted by molar-refractivity contribution is 9.08. The van der Waals surface area contributed by atoms with Crippen molar-refractivity contribution in [3.8, 4) is 0 Å². The molecule has 1 amide bonds. The zero-order valence-electron chi connectivity index (χ0n) is 9.15. The van der Waals surface area contributed by atoms with Crippen LogP contribution in [0.3, 0.4) is 0 Å². The average Bonchev–Trinajstić information content (AvgIpc) is 2.90. The Morgan fingerprint density at radius 1 is 1.18 bits per heavy atom. The molecule has 1 heterocycles. The van der Waals surface area contributed by atoms with Crippen LogP contribution in [0.2, 0.25) is 0 Å². The van der Waals surface area contributed by atoms with Crippen LogP contribution in [0.5, 0.6) is 0 Å². The van der Waals surface area contributed by atoms with E-state index in [1.165, 1.54) is 16.9 Å². The number of rotatable bonds is 4. The minimum atomic E-state index is -0.00966. The van der Waals surface area contributed by atoms with Gasteiger partial charge in [-0.15, -0.1) is 11.3 Å². The van der Waals surface area contributed by atoms with E-state index in [0.29, 0.717) is 6.54 Å². The number of amides is 1. The number of nitrogens with one attached hydrogen (secondary N) is 1. The van der Waals surface area contributed by atoms with Gasteiger partial charge in [0.2, 0.25) is 0 Å². The number of benzene rings is 1. The fourth-order valence-corrected chi connectivity index (χ4v) is 2.44. The van der Waals surface area contributed by atoms with Crippen LogP contribution < -0.4 is 5.32 Å². The molecule has 0 atom stereocenters. The molecule has 17 heavy (non-hydrogen) atoms. The van der Waals surface area contributed by atoms with Gasteiger partial charge in [-0.3, -0.25) is 4.79 Å². The van der Waals surface area contributed by atoms with Crippen LogP contribution in [0.1, 0.15) is 20.8 Å². The van der Waals surface area contributed by atoms with Gasteiger partial charge in [-0.2, -0.15) is 0 Å². The van der Waals surface area contributed by atoms with Crippen molar-refractivity contribution in [1.29, 1.82) is 0 Å². The van der Waals surface area contributed by atoms with Crippen LogP contribution in [0.15, 0.2) is 41.8 Å². The van der Waals surface area contributed by atoms with E-state index in [2.05, 4.69) is 33.4 Å². The molecule has 0 saturated carbocycles. The molecule has 2 rings (SSSR count). The predicted octanol–water partition coefficient (Wildman–Crippen LogP) is 3.57. The molecular weight excluding hydrogens is 298 g/mol. The summed E-state index contributed by atoms with van der Waals surface area (Å²) in [4.78, 5) is 12.4. The first-order valence-electron chi connectivity index (χ1n) is 5.25. The van der Waals surface area contributed by atoms with Gasteiger partial charge in [0.1, 0.15) is 0 Å². The van der Waals surface area contributed by atoms with E-state index in [9.17, 15) is 4.79 Å². The lowest BCUT2D eigenvalue weighted by molar-refractivity contribution is 0.0955. The van der Waals surface area contributed by atoms with Crippen molar-refractivity contribution in [3.63, 3.8) is 0 Å². The highest BCUT2D eigenvalue weighted by Crippen LogP contribution is 2.10. The van der Waals surface area contributed by atoms with E-state index in [4.69, 9.17) is 0 Å². The Kier molecular flexibility index (Phi) is 4.34. The number of hydrogen-bond acceptors (Lipinski definition) is 2. The molecule has 0 spiro atoms. The molecule has 0 aliphatic rings. The van der Waals surface area contributed by atoms with Gasteiger partial charge in [-0.1, -0.05) is 46.3 Å². The molecule has 2 nitrogen and oxygen atoms in total. The first-order chi connectivity index (χ1) is 8.29. The van der Waals surface area contributed by atoms with Crippen LogP contribution in [-0.2, 0) is 11.9 Å². The summed E-state index contributed by atoms with van der Waals surface area (Å²) in [5, 5.41) is 5.66. The maximum Gasteiger partial charge on any atom is 0.261 e. The van der Waals surface area contributed by atoms with Gasteiger partial charge in [0.25, 0.3) is 5.91 Å². The van der Waals surface area contributed by atoms with Gasteiger partial charge < -0.3 is 5.32 Å². The van der Waals surface area contributed by atoms with Gasteiger partial charge in [0.05, 0.1) is 4.88 Å². The molecule has 1 aromatic carbocycles. The molecule has 0 fully saturated rings. The molecule has 0 aliphatic heterocycles. The van der Waals surface area contributed by atoms with Gasteiger partial charge >= 0.3 is 0 Å². The number of halogens is 1. The number of hydrogen-bond donors (Lipinski definition) is 1. The van der Waals surface area contributed by atoms with Crippen molar-refractivity contribution in [3.05, 3.63) is 57.8 Å². The number of alkyl halides is 1. The maximum absolute atomic E-state index is 11.7. The third kappa shape index (κ3) is 3.41. The zero-order valence-corrected chi connectivity index (χ0v) is 11.6. The molecule has 0 bridgehead atoms. The molecule has 88 valence electrons. The first-order valence-corrected chi connectivity index (χ1v) is 7.25. The topological polar surface area (TPSA) is 29.1 Å². The van der Waals surface area contributed by atoms with Gasteiger partial charge in [0, 0.05) is 11.9 Å². The van der Waals surface area contributed by atoms with E-state index < -0.39 is 0 Å². The molecule has 0 aliphatic carbocycles. The predicted molar refractivity (Wildman–Crippen MR) is 74.6 cm³/mol. The summed E-state index contributed by atoms with van der Waals surface area (Å²) in [6.07, 6.45) is 0. The molecule has 0 saturated heterocycles. The van der Waals surface area contributed by atoms with Crippen molar-refractivity contribution in [2.75, 3.05) is 0 Å². The summed E-state index contributed by atoms with van der Waals surface area (Å²) in [6.45, 7) is 0.569. The van der Waals surface area contributed by atoms with Crippen LogP contribution in [0.4, 0.5) is 0 Å². The summed E-state index contributed by atoms with van der Waals surface area (Å²) in [5.41, 5.74) is 2.35. The van der Waals surface area contributed by atoms with Crippen molar-refractivity contribution < 1.29 is 4.79 Å². The average molecular weight is 310 g/mol. The Morgan fingerprint density at radius 2 is 1.88 bits per heavy atom. The smallest absolute Gasteiger partial charge is 0.261 e. The highest BCUT2D eigenvalue weighted by atomic mass is 79.9. The van der Waals surface area contributed by atoms with Crippen LogP contribution in [-0.4, -0.2) is 5.91 Å².